The van der Waals surface area contributed by atoms with Crippen LogP contribution in [0.25, 0.3) is 5.65 Å². The van der Waals surface area contributed by atoms with Gasteiger partial charge in [0, 0.05) is 25.2 Å². The second kappa shape index (κ2) is 9.94. The molecule has 0 fully saturated rings. The van der Waals surface area contributed by atoms with E-state index < -0.39 is 5.82 Å². The molecule has 0 aliphatic carbocycles. The maximum atomic E-state index is 13.9. The molecule has 0 radical (unpaired) electrons. The molecule has 2 aromatic heterocycles. The van der Waals surface area contributed by atoms with Crippen molar-refractivity contribution in [1.82, 2.24) is 24.8 Å². The topological polar surface area (TPSA) is 98.1 Å². The zero-order valence-corrected chi connectivity index (χ0v) is 19.9. The molecular formula is C23H25ClFN5O4. The molecule has 1 aliphatic heterocycles. The van der Waals surface area contributed by atoms with Crippen molar-refractivity contribution in [2.45, 2.75) is 33.4 Å². The van der Waals surface area contributed by atoms with Crippen LogP contribution < -0.4 is 10.1 Å². The van der Waals surface area contributed by atoms with Gasteiger partial charge >= 0.3 is 0 Å². The van der Waals surface area contributed by atoms with E-state index in [-0.39, 0.29) is 42.7 Å². The van der Waals surface area contributed by atoms with Crippen molar-refractivity contribution >= 4 is 29.1 Å². The highest BCUT2D eigenvalue weighted by Gasteiger charge is 2.31. The van der Waals surface area contributed by atoms with Gasteiger partial charge < -0.3 is 19.7 Å². The van der Waals surface area contributed by atoms with Gasteiger partial charge in [-0.1, -0.05) is 11.6 Å². The SMILES string of the molecule is COCCC(=O)NCCOc1cc(F)ccc1C(=O)N1Cc2nn3c(C)c(Cl)c(C)nc3c2C1. The molecule has 1 aromatic carbocycles. The first-order valence-electron chi connectivity index (χ1n) is 10.8. The van der Waals surface area contributed by atoms with Crippen LogP contribution in [0.5, 0.6) is 5.75 Å². The van der Waals surface area contributed by atoms with E-state index in [4.69, 9.17) is 21.1 Å². The summed E-state index contributed by atoms with van der Waals surface area (Å²) in [5.74, 6) is -0.893. The smallest absolute Gasteiger partial charge is 0.258 e. The van der Waals surface area contributed by atoms with E-state index in [2.05, 4.69) is 15.4 Å². The zero-order chi connectivity index (χ0) is 24.4. The Kier molecular flexibility index (Phi) is 6.99. The summed E-state index contributed by atoms with van der Waals surface area (Å²) in [5.41, 5.74) is 4.00. The van der Waals surface area contributed by atoms with Crippen LogP contribution in [0.15, 0.2) is 18.2 Å². The number of halogens is 2. The Labute approximate surface area is 200 Å². The van der Waals surface area contributed by atoms with Gasteiger partial charge in [-0.15, -0.1) is 0 Å². The average molecular weight is 490 g/mol. The Bertz CT molecular complexity index is 1260. The van der Waals surface area contributed by atoms with Crippen molar-refractivity contribution in [2.24, 2.45) is 0 Å². The molecule has 11 heteroatoms. The molecular weight excluding hydrogens is 465 g/mol. The summed E-state index contributed by atoms with van der Waals surface area (Å²) >= 11 is 6.30. The molecule has 0 spiro atoms. The summed E-state index contributed by atoms with van der Waals surface area (Å²) in [6.45, 7) is 4.93. The Morgan fingerprint density at radius 2 is 2.03 bits per heavy atom. The predicted molar refractivity (Wildman–Crippen MR) is 122 cm³/mol. The number of benzene rings is 1. The van der Waals surface area contributed by atoms with Gasteiger partial charge in [0.05, 0.1) is 53.9 Å². The molecule has 180 valence electrons. The minimum atomic E-state index is -0.523. The number of hydrogen-bond donors (Lipinski definition) is 1. The highest BCUT2D eigenvalue weighted by molar-refractivity contribution is 6.31. The molecule has 4 rings (SSSR count). The minimum absolute atomic E-state index is 0.0831. The van der Waals surface area contributed by atoms with E-state index in [1.807, 2.05) is 13.8 Å². The first kappa shape index (κ1) is 23.9. The molecule has 0 unspecified atom stereocenters. The lowest BCUT2D eigenvalue weighted by Crippen LogP contribution is -2.29. The lowest BCUT2D eigenvalue weighted by Gasteiger charge is -2.18. The molecule has 9 nitrogen and oxygen atoms in total. The summed E-state index contributed by atoms with van der Waals surface area (Å²) in [5, 5.41) is 7.84. The fourth-order valence-corrected chi connectivity index (χ4v) is 3.98. The largest absolute Gasteiger partial charge is 0.491 e. The number of nitrogens with zero attached hydrogens (tertiary/aromatic N) is 4. The first-order chi connectivity index (χ1) is 16.3. The molecule has 0 bridgehead atoms. The molecule has 34 heavy (non-hydrogen) atoms. The molecule has 1 N–H and O–H groups in total. The van der Waals surface area contributed by atoms with E-state index in [0.29, 0.717) is 36.1 Å². The molecule has 3 heterocycles. The van der Waals surface area contributed by atoms with Crippen LogP contribution in [-0.2, 0) is 22.6 Å². The van der Waals surface area contributed by atoms with Crippen LogP contribution >= 0.6 is 11.6 Å². The second-order valence-corrected chi connectivity index (χ2v) is 8.38. The van der Waals surface area contributed by atoms with Gasteiger partial charge in [-0.3, -0.25) is 9.59 Å². The number of nitrogens with one attached hydrogen (secondary N) is 1. The highest BCUT2D eigenvalue weighted by atomic mass is 35.5. The van der Waals surface area contributed by atoms with Gasteiger partial charge in [0.25, 0.3) is 5.91 Å². The van der Waals surface area contributed by atoms with Crippen LogP contribution in [0.3, 0.4) is 0 Å². The number of rotatable bonds is 8. The lowest BCUT2D eigenvalue weighted by molar-refractivity contribution is -0.122. The van der Waals surface area contributed by atoms with E-state index in [9.17, 15) is 14.0 Å². The number of aromatic nitrogens is 3. The van der Waals surface area contributed by atoms with E-state index in [0.717, 1.165) is 17.0 Å². The molecule has 0 atom stereocenters. The maximum Gasteiger partial charge on any atom is 0.258 e. The predicted octanol–water partition coefficient (Wildman–Crippen LogP) is 2.83. The third-order valence-corrected chi connectivity index (χ3v) is 6.18. The monoisotopic (exact) mass is 489 g/mol. The minimum Gasteiger partial charge on any atom is -0.491 e. The van der Waals surface area contributed by atoms with Crippen LogP contribution in [0.1, 0.15) is 39.4 Å². The molecule has 0 saturated carbocycles. The van der Waals surface area contributed by atoms with Crippen LogP contribution in [0, 0.1) is 19.7 Å². The van der Waals surface area contributed by atoms with Gasteiger partial charge in [0.15, 0.2) is 5.65 Å². The van der Waals surface area contributed by atoms with Crippen molar-refractivity contribution < 1.29 is 23.5 Å². The number of carbonyl (C=O) groups excluding carboxylic acids is 2. The van der Waals surface area contributed by atoms with Gasteiger partial charge in [-0.25, -0.2) is 13.9 Å². The quantitative estimate of drug-likeness (QED) is 0.489. The molecule has 3 aromatic rings. The zero-order valence-electron chi connectivity index (χ0n) is 19.2. The third-order valence-electron chi connectivity index (χ3n) is 5.63. The normalized spacial score (nSPS) is 12.8. The number of hydrogen-bond acceptors (Lipinski definition) is 6. The average Bonchev–Trinajstić information content (AvgIpc) is 3.38. The van der Waals surface area contributed by atoms with E-state index in [1.165, 1.54) is 25.3 Å². The Morgan fingerprint density at radius 3 is 2.79 bits per heavy atom. The molecule has 0 saturated heterocycles. The number of aryl methyl sites for hydroxylation is 2. The van der Waals surface area contributed by atoms with E-state index in [1.54, 1.807) is 9.42 Å². The van der Waals surface area contributed by atoms with E-state index >= 15 is 0 Å². The van der Waals surface area contributed by atoms with Crippen molar-refractivity contribution in [1.29, 1.82) is 0 Å². The summed E-state index contributed by atoms with van der Waals surface area (Å²) in [4.78, 5) is 31.1. The summed E-state index contributed by atoms with van der Waals surface area (Å²) < 4.78 is 26.1. The molecule has 1 aliphatic rings. The standard InChI is InChI=1S/C23H25ClFN5O4/c1-13-21(24)14(2)30-22(27-13)17-11-29(12-18(17)28-30)23(32)16-5-4-15(25)10-19(16)34-9-7-26-20(31)6-8-33-3/h4-5,10H,6-9,11-12H2,1-3H3,(H,26,31). The fourth-order valence-electron chi connectivity index (χ4n) is 3.85. The van der Waals surface area contributed by atoms with Crippen molar-refractivity contribution in [3.63, 3.8) is 0 Å². The summed E-state index contributed by atoms with van der Waals surface area (Å²) in [6.07, 6.45) is 0.236. The maximum absolute atomic E-state index is 13.9. The third kappa shape index (κ3) is 4.69. The summed E-state index contributed by atoms with van der Waals surface area (Å²) in [6, 6.07) is 3.79. The van der Waals surface area contributed by atoms with Crippen LogP contribution in [0.4, 0.5) is 4.39 Å². The van der Waals surface area contributed by atoms with Crippen molar-refractivity contribution in [3.8, 4) is 5.75 Å². The summed E-state index contributed by atoms with van der Waals surface area (Å²) in [7, 11) is 1.52. The number of ether oxygens (including phenoxy) is 2. The van der Waals surface area contributed by atoms with Gasteiger partial charge in [-0.2, -0.15) is 5.10 Å². The number of methoxy groups -OCH3 is 1. The Morgan fingerprint density at radius 1 is 1.24 bits per heavy atom. The first-order valence-corrected chi connectivity index (χ1v) is 11.2. The number of carbonyl (C=O) groups is 2. The number of fused-ring (bicyclic) bond motifs is 3. The van der Waals surface area contributed by atoms with Crippen LogP contribution in [0.2, 0.25) is 5.02 Å². The lowest BCUT2D eigenvalue weighted by atomic mass is 10.1. The fraction of sp³-hybridized carbons (Fsp3) is 0.391. The van der Waals surface area contributed by atoms with Crippen LogP contribution in [-0.4, -0.2) is 58.2 Å². The van der Waals surface area contributed by atoms with Crippen molar-refractivity contribution in [2.75, 3.05) is 26.9 Å². The van der Waals surface area contributed by atoms with Gasteiger partial charge in [0.2, 0.25) is 5.91 Å². The second-order valence-electron chi connectivity index (χ2n) is 8.00. The molecule has 2 amide bonds. The van der Waals surface area contributed by atoms with Gasteiger partial charge in [-0.05, 0) is 26.0 Å². The number of amides is 2. The highest BCUT2D eigenvalue weighted by Crippen LogP contribution is 2.31. The Balaban J connectivity index is 1.47. The Hall–Kier alpha value is -3.24. The van der Waals surface area contributed by atoms with Crippen molar-refractivity contribution in [3.05, 3.63) is 57.2 Å². The van der Waals surface area contributed by atoms with Gasteiger partial charge in [0.1, 0.15) is 18.2 Å².